The third kappa shape index (κ3) is 4.05. The van der Waals surface area contributed by atoms with E-state index in [-0.39, 0.29) is 0 Å². The Hall–Kier alpha value is -2.54. The van der Waals surface area contributed by atoms with Crippen molar-refractivity contribution in [1.29, 1.82) is 0 Å². The highest BCUT2D eigenvalue weighted by atomic mass is 32.2. The minimum atomic E-state index is 0.377. The minimum Gasteiger partial charge on any atom is -0.485 e. The maximum atomic E-state index is 5.77. The zero-order valence-corrected chi connectivity index (χ0v) is 14.4. The first kappa shape index (κ1) is 16.3. The van der Waals surface area contributed by atoms with Crippen molar-refractivity contribution >= 4 is 18.0 Å². The van der Waals surface area contributed by atoms with Crippen molar-refractivity contribution in [1.82, 2.24) is 14.9 Å². The molecule has 2 heterocycles. The first-order valence-corrected chi connectivity index (χ1v) is 8.59. The van der Waals surface area contributed by atoms with E-state index in [2.05, 4.69) is 22.2 Å². The lowest BCUT2D eigenvalue weighted by atomic mass is 10.2. The standard InChI is InChI=1S/C17H18N4O2S/c1-3-24-17-20-18-12-21(17)19-10-14-8-9-15(23-14)11-22-16-7-5-4-6-13(16)2/h4-10,12H,3,11H2,1-2H3/b19-10-. The van der Waals surface area contributed by atoms with Crippen LogP contribution in [0, 0.1) is 6.92 Å². The molecule has 3 aromatic rings. The second-order valence-electron chi connectivity index (χ2n) is 4.99. The summed E-state index contributed by atoms with van der Waals surface area (Å²) in [5.74, 6) is 3.16. The highest BCUT2D eigenvalue weighted by molar-refractivity contribution is 7.99. The Morgan fingerprint density at radius 1 is 1.29 bits per heavy atom. The molecule has 24 heavy (non-hydrogen) atoms. The largest absolute Gasteiger partial charge is 0.485 e. The smallest absolute Gasteiger partial charge is 0.211 e. The van der Waals surface area contributed by atoms with Crippen LogP contribution in [0.25, 0.3) is 0 Å². The van der Waals surface area contributed by atoms with Gasteiger partial charge in [0.15, 0.2) is 0 Å². The quantitative estimate of drug-likeness (QED) is 0.483. The van der Waals surface area contributed by atoms with Gasteiger partial charge >= 0.3 is 0 Å². The molecule has 0 saturated heterocycles. The topological polar surface area (TPSA) is 65.4 Å². The predicted octanol–water partition coefficient (Wildman–Crippen LogP) is 3.75. The molecule has 0 bridgehead atoms. The molecule has 0 atom stereocenters. The third-order valence-electron chi connectivity index (χ3n) is 3.23. The van der Waals surface area contributed by atoms with Crippen molar-refractivity contribution in [3.05, 3.63) is 59.8 Å². The Morgan fingerprint density at radius 3 is 3.00 bits per heavy atom. The average molecular weight is 342 g/mol. The van der Waals surface area contributed by atoms with Crippen LogP contribution in [0.2, 0.25) is 0 Å². The van der Waals surface area contributed by atoms with Gasteiger partial charge in [-0.3, -0.25) is 0 Å². The van der Waals surface area contributed by atoms with Crippen molar-refractivity contribution in [2.75, 3.05) is 5.75 Å². The molecule has 0 spiro atoms. The zero-order chi connectivity index (χ0) is 16.8. The summed E-state index contributed by atoms with van der Waals surface area (Å²) in [6.07, 6.45) is 3.21. The van der Waals surface area contributed by atoms with Gasteiger partial charge in [0.25, 0.3) is 0 Å². The summed E-state index contributed by atoms with van der Waals surface area (Å²) in [4.78, 5) is 0. The van der Waals surface area contributed by atoms with Gasteiger partial charge < -0.3 is 9.15 Å². The number of nitrogens with zero attached hydrogens (tertiary/aromatic N) is 4. The van der Waals surface area contributed by atoms with Crippen LogP contribution in [0.5, 0.6) is 5.75 Å². The molecule has 7 heteroatoms. The Balaban J connectivity index is 1.62. The van der Waals surface area contributed by atoms with Crippen LogP contribution in [0.4, 0.5) is 0 Å². The molecule has 0 amide bonds. The summed E-state index contributed by atoms with van der Waals surface area (Å²) < 4.78 is 13.1. The number of furan rings is 1. The number of aromatic nitrogens is 3. The molecule has 0 aliphatic carbocycles. The molecule has 0 aliphatic heterocycles. The Bertz CT molecular complexity index is 825. The molecule has 1 aromatic carbocycles. The van der Waals surface area contributed by atoms with Gasteiger partial charge in [-0.05, 0) is 36.4 Å². The normalized spacial score (nSPS) is 11.2. The molecule has 6 nitrogen and oxygen atoms in total. The van der Waals surface area contributed by atoms with Crippen LogP contribution in [0.15, 0.2) is 57.4 Å². The number of aryl methyl sites for hydroxylation is 1. The van der Waals surface area contributed by atoms with Crippen LogP contribution in [0.1, 0.15) is 24.0 Å². The molecule has 0 aliphatic rings. The van der Waals surface area contributed by atoms with E-state index < -0.39 is 0 Å². The second kappa shape index (κ2) is 7.83. The Labute approximate surface area is 144 Å². The SMILES string of the molecule is CCSc1nncn1/N=C\c1ccc(COc2ccccc2C)o1. The van der Waals surface area contributed by atoms with Gasteiger partial charge in [-0.1, -0.05) is 36.9 Å². The summed E-state index contributed by atoms with van der Waals surface area (Å²) >= 11 is 1.58. The van der Waals surface area contributed by atoms with E-state index in [1.54, 1.807) is 29.0 Å². The van der Waals surface area contributed by atoms with E-state index in [1.807, 2.05) is 43.3 Å². The zero-order valence-electron chi connectivity index (χ0n) is 13.5. The molecule has 2 aromatic heterocycles. The van der Waals surface area contributed by atoms with Crippen LogP contribution < -0.4 is 4.74 Å². The Kier molecular flexibility index (Phi) is 5.32. The van der Waals surface area contributed by atoms with Crippen molar-refractivity contribution in [3.8, 4) is 5.75 Å². The van der Waals surface area contributed by atoms with Gasteiger partial charge in [0.1, 0.15) is 30.2 Å². The summed E-state index contributed by atoms with van der Waals surface area (Å²) in [5, 5.41) is 12.9. The van der Waals surface area contributed by atoms with Crippen LogP contribution >= 0.6 is 11.8 Å². The molecule has 0 saturated carbocycles. The van der Waals surface area contributed by atoms with Crippen molar-refractivity contribution < 1.29 is 9.15 Å². The molecule has 3 rings (SSSR count). The lowest BCUT2D eigenvalue weighted by molar-refractivity contribution is 0.268. The van der Waals surface area contributed by atoms with E-state index in [1.165, 1.54) is 0 Å². The van der Waals surface area contributed by atoms with E-state index in [4.69, 9.17) is 9.15 Å². The average Bonchev–Trinajstić information content (AvgIpc) is 3.22. The summed E-state index contributed by atoms with van der Waals surface area (Å²) in [5.41, 5.74) is 1.10. The molecular formula is C17H18N4O2S. The van der Waals surface area contributed by atoms with Crippen LogP contribution in [-0.2, 0) is 6.61 Å². The third-order valence-corrected chi connectivity index (χ3v) is 4.04. The molecule has 0 fully saturated rings. The fourth-order valence-electron chi connectivity index (χ4n) is 2.05. The number of thioether (sulfide) groups is 1. The first-order valence-electron chi connectivity index (χ1n) is 7.60. The number of para-hydroxylation sites is 1. The van der Waals surface area contributed by atoms with Crippen LogP contribution in [0.3, 0.4) is 0 Å². The summed E-state index contributed by atoms with van der Waals surface area (Å²) in [6.45, 7) is 4.45. The van der Waals surface area contributed by atoms with Crippen molar-refractivity contribution in [2.24, 2.45) is 5.10 Å². The predicted molar refractivity (Wildman–Crippen MR) is 93.6 cm³/mol. The number of benzene rings is 1. The summed E-state index contributed by atoms with van der Waals surface area (Å²) in [7, 11) is 0. The van der Waals surface area contributed by atoms with Gasteiger partial charge in [-0.25, -0.2) is 0 Å². The lowest BCUT2D eigenvalue weighted by Crippen LogP contribution is -1.95. The molecule has 124 valence electrons. The van der Waals surface area contributed by atoms with Crippen molar-refractivity contribution in [2.45, 2.75) is 25.6 Å². The number of hydrogen-bond acceptors (Lipinski definition) is 6. The molecular weight excluding hydrogens is 324 g/mol. The molecule has 0 radical (unpaired) electrons. The molecule has 0 N–H and O–H groups in total. The van der Waals surface area contributed by atoms with Gasteiger partial charge in [0, 0.05) is 0 Å². The number of rotatable bonds is 7. The maximum absolute atomic E-state index is 5.77. The monoisotopic (exact) mass is 342 g/mol. The highest BCUT2D eigenvalue weighted by Gasteiger charge is 2.05. The first-order chi connectivity index (χ1) is 11.8. The fourth-order valence-corrected chi connectivity index (χ4v) is 2.64. The minimum absolute atomic E-state index is 0.377. The number of ether oxygens (including phenoxy) is 1. The van der Waals surface area contributed by atoms with Crippen LogP contribution in [-0.4, -0.2) is 26.8 Å². The van der Waals surface area contributed by atoms with E-state index >= 15 is 0 Å². The van der Waals surface area contributed by atoms with Crippen molar-refractivity contribution in [3.63, 3.8) is 0 Å². The lowest BCUT2D eigenvalue weighted by Gasteiger charge is -2.06. The van der Waals surface area contributed by atoms with E-state index in [0.29, 0.717) is 12.4 Å². The van der Waals surface area contributed by atoms with Gasteiger partial charge in [0.05, 0.1) is 6.21 Å². The maximum Gasteiger partial charge on any atom is 0.211 e. The van der Waals surface area contributed by atoms with Gasteiger partial charge in [-0.2, -0.15) is 9.78 Å². The van der Waals surface area contributed by atoms with E-state index in [9.17, 15) is 0 Å². The second-order valence-corrected chi connectivity index (χ2v) is 6.23. The fraction of sp³-hybridized carbons (Fsp3) is 0.235. The summed E-state index contributed by atoms with van der Waals surface area (Å²) in [6, 6.07) is 11.6. The Morgan fingerprint density at radius 2 is 2.17 bits per heavy atom. The van der Waals surface area contributed by atoms with Gasteiger partial charge in [-0.15, -0.1) is 10.2 Å². The highest BCUT2D eigenvalue weighted by Crippen LogP contribution is 2.18. The van der Waals surface area contributed by atoms with E-state index in [0.717, 1.165) is 28.0 Å². The van der Waals surface area contributed by atoms with Gasteiger partial charge in [0.2, 0.25) is 5.16 Å². The number of hydrogen-bond donors (Lipinski definition) is 0. The molecule has 0 unspecified atom stereocenters.